The van der Waals surface area contributed by atoms with Crippen LogP contribution < -0.4 is 11.1 Å². The van der Waals surface area contributed by atoms with Gasteiger partial charge in [-0.05, 0) is 18.9 Å². The average Bonchev–Trinajstić information content (AvgIpc) is 2.45. The summed E-state index contributed by atoms with van der Waals surface area (Å²) in [5.41, 5.74) is 3.70. The number of rotatable bonds is 4. The minimum absolute atomic E-state index is 0.0850. The van der Waals surface area contributed by atoms with Crippen LogP contribution in [0, 0.1) is 5.41 Å². The molecule has 1 aromatic heterocycles. The molecular formula is C13H15ClF3N3O2. The molecule has 1 fully saturated rings. The van der Waals surface area contributed by atoms with Gasteiger partial charge in [-0.15, -0.1) is 0 Å². The van der Waals surface area contributed by atoms with Crippen molar-refractivity contribution in [1.29, 1.82) is 0 Å². The van der Waals surface area contributed by atoms with Gasteiger partial charge in [0.15, 0.2) is 0 Å². The van der Waals surface area contributed by atoms with Crippen molar-refractivity contribution in [2.24, 2.45) is 11.1 Å². The monoisotopic (exact) mass is 337 g/mol. The topological polar surface area (TPSA) is 77.2 Å². The maximum absolute atomic E-state index is 12.5. The number of hydrogen-bond acceptors (Lipinski definition) is 4. The van der Waals surface area contributed by atoms with Gasteiger partial charge in [-0.25, -0.2) is 4.98 Å². The molecule has 1 saturated heterocycles. The molecule has 122 valence electrons. The number of aromatic nitrogens is 1. The van der Waals surface area contributed by atoms with Crippen LogP contribution in [-0.4, -0.2) is 30.6 Å². The molecule has 0 radical (unpaired) electrons. The first-order chi connectivity index (χ1) is 10.2. The second-order valence-corrected chi connectivity index (χ2v) is 5.57. The van der Waals surface area contributed by atoms with Crippen molar-refractivity contribution >= 4 is 23.3 Å². The predicted octanol–water partition coefficient (Wildman–Crippen LogP) is 2.45. The van der Waals surface area contributed by atoms with E-state index >= 15 is 0 Å². The van der Waals surface area contributed by atoms with Crippen LogP contribution in [0.1, 0.15) is 18.4 Å². The van der Waals surface area contributed by atoms with Gasteiger partial charge in [0.05, 0.1) is 16.0 Å². The second kappa shape index (κ2) is 6.29. The lowest BCUT2D eigenvalue weighted by molar-refractivity contribution is -0.137. The Labute approximate surface area is 130 Å². The zero-order valence-corrected chi connectivity index (χ0v) is 12.3. The summed E-state index contributed by atoms with van der Waals surface area (Å²) in [6.07, 6.45) is -2.94. The van der Waals surface area contributed by atoms with Crippen LogP contribution in [0.25, 0.3) is 0 Å². The first kappa shape index (κ1) is 16.8. The zero-order chi connectivity index (χ0) is 16.4. The Kier molecular flexibility index (Phi) is 4.81. The number of anilines is 1. The lowest BCUT2D eigenvalue weighted by Gasteiger charge is -2.34. The molecule has 2 rings (SSSR count). The number of carbonyl (C=O) groups excluding carboxylic acids is 1. The molecule has 0 aliphatic carbocycles. The van der Waals surface area contributed by atoms with E-state index in [4.69, 9.17) is 22.1 Å². The van der Waals surface area contributed by atoms with Crippen LogP contribution in [-0.2, 0) is 15.7 Å². The Morgan fingerprint density at radius 1 is 1.45 bits per heavy atom. The number of alkyl halides is 3. The first-order valence-electron chi connectivity index (χ1n) is 6.59. The number of amides is 1. The fourth-order valence-corrected chi connectivity index (χ4v) is 2.48. The number of halogens is 4. The number of pyridine rings is 1. The molecule has 0 spiro atoms. The maximum atomic E-state index is 12.5. The van der Waals surface area contributed by atoms with Crippen LogP contribution in [0.4, 0.5) is 19.0 Å². The van der Waals surface area contributed by atoms with E-state index in [-0.39, 0.29) is 17.4 Å². The van der Waals surface area contributed by atoms with E-state index < -0.39 is 23.1 Å². The second-order valence-electron chi connectivity index (χ2n) is 5.16. The van der Waals surface area contributed by atoms with E-state index in [0.29, 0.717) is 32.3 Å². The maximum Gasteiger partial charge on any atom is 0.417 e. The van der Waals surface area contributed by atoms with E-state index in [1.165, 1.54) is 0 Å². The van der Waals surface area contributed by atoms with Crippen molar-refractivity contribution in [2.75, 3.05) is 25.1 Å². The normalized spacial score (nSPS) is 18.0. The SMILES string of the molecule is NC(=O)C1(CNc2ncc(C(F)(F)F)cc2Cl)CCOCC1. The number of ether oxygens (including phenoxy) is 1. The first-order valence-corrected chi connectivity index (χ1v) is 6.97. The molecule has 0 unspecified atom stereocenters. The van der Waals surface area contributed by atoms with Gasteiger partial charge in [-0.1, -0.05) is 11.6 Å². The van der Waals surface area contributed by atoms with Crippen molar-refractivity contribution in [3.05, 3.63) is 22.8 Å². The molecule has 0 bridgehead atoms. The Morgan fingerprint density at radius 3 is 2.59 bits per heavy atom. The largest absolute Gasteiger partial charge is 0.417 e. The van der Waals surface area contributed by atoms with Gasteiger partial charge in [-0.3, -0.25) is 4.79 Å². The molecule has 22 heavy (non-hydrogen) atoms. The summed E-state index contributed by atoms with van der Waals surface area (Å²) in [7, 11) is 0. The summed E-state index contributed by atoms with van der Waals surface area (Å²) < 4.78 is 42.8. The summed E-state index contributed by atoms with van der Waals surface area (Å²) in [4.78, 5) is 15.4. The molecule has 1 amide bonds. The summed E-state index contributed by atoms with van der Waals surface area (Å²) in [6.45, 7) is 0.946. The van der Waals surface area contributed by atoms with Gasteiger partial charge >= 0.3 is 6.18 Å². The molecule has 5 nitrogen and oxygen atoms in total. The van der Waals surface area contributed by atoms with Crippen molar-refractivity contribution < 1.29 is 22.7 Å². The van der Waals surface area contributed by atoms with E-state index in [9.17, 15) is 18.0 Å². The van der Waals surface area contributed by atoms with Gasteiger partial charge in [0.2, 0.25) is 5.91 Å². The summed E-state index contributed by atoms with van der Waals surface area (Å²) in [5.74, 6) is -0.395. The number of nitrogens with zero attached hydrogens (tertiary/aromatic N) is 1. The molecule has 0 saturated carbocycles. The van der Waals surface area contributed by atoms with Crippen LogP contribution in [0.2, 0.25) is 5.02 Å². The molecule has 1 aliphatic rings. The number of nitrogens with two attached hydrogens (primary N) is 1. The van der Waals surface area contributed by atoms with E-state index in [1.807, 2.05) is 0 Å². The van der Waals surface area contributed by atoms with Crippen LogP contribution in [0.15, 0.2) is 12.3 Å². The van der Waals surface area contributed by atoms with Gasteiger partial charge in [-0.2, -0.15) is 13.2 Å². The van der Waals surface area contributed by atoms with Crippen LogP contribution >= 0.6 is 11.6 Å². The number of nitrogens with one attached hydrogen (secondary N) is 1. The van der Waals surface area contributed by atoms with Crippen LogP contribution in [0.3, 0.4) is 0 Å². The van der Waals surface area contributed by atoms with Gasteiger partial charge in [0.1, 0.15) is 5.82 Å². The van der Waals surface area contributed by atoms with Gasteiger partial charge < -0.3 is 15.8 Å². The quantitative estimate of drug-likeness (QED) is 0.884. The number of carbonyl (C=O) groups is 1. The highest BCUT2D eigenvalue weighted by molar-refractivity contribution is 6.33. The molecule has 1 aromatic rings. The third-order valence-corrected chi connectivity index (χ3v) is 4.02. The third-order valence-electron chi connectivity index (χ3n) is 3.74. The van der Waals surface area contributed by atoms with Crippen molar-refractivity contribution in [3.63, 3.8) is 0 Å². The van der Waals surface area contributed by atoms with E-state index in [1.54, 1.807) is 0 Å². The summed E-state index contributed by atoms with van der Waals surface area (Å²) in [5, 5.41) is 2.65. The Morgan fingerprint density at radius 2 is 2.09 bits per heavy atom. The highest BCUT2D eigenvalue weighted by atomic mass is 35.5. The van der Waals surface area contributed by atoms with E-state index in [2.05, 4.69) is 10.3 Å². The predicted molar refractivity (Wildman–Crippen MR) is 74.4 cm³/mol. The third kappa shape index (κ3) is 3.61. The van der Waals surface area contributed by atoms with Gasteiger partial charge in [0.25, 0.3) is 0 Å². The molecule has 0 atom stereocenters. The number of primary amides is 1. The molecule has 3 N–H and O–H groups in total. The standard InChI is InChI=1S/C13H15ClF3N3O2/c14-9-5-8(13(15,16)17)6-19-10(9)20-7-12(11(18)21)1-3-22-4-2-12/h5-6H,1-4,7H2,(H2,18,21)(H,19,20). The van der Waals surface area contributed by atoms with Crippen molar-refractivity contribution in [2.45, 2.75) is 19.0 Å². The minimum atomic E-state index is -4.51. The van der Waals surface area contributed by atoms with Crippen molar-refractivity contribution in [3.8, 4) is 0 Å². The summed E-state index contributed by atoms with van der Waals surface area (Å²) in [6, 6.07) is 0.789. The molecule has 1 aliphatic heterocycles. The molecule has 9 heteroatoms. The Balaban J connectivity index is 2.12. The molecular weight excluding hydrogens is 323 g/mol. The lowest BCUT2D eigenvalue weighted by Crippen LogP contribution is -2.46. The van der Waals surface area contributed by atoms with Crippen LogP contribution in [0.5, 0.6) is 0 Å². The smallest absolute Gasteiger partial charge is 0.381 e. The van der Waals surface area contributed by atoms with Crippen molar-refractivity contribution in [1.82, 2.24) is 4.98 Å². The Bertz CT molecular complexity index is 560. The Hall–Kier alpha value is -1.54. The molecule has 0 aromatic carbocycles. The number of hydrogen-bond donors (Lipinski definition) is 2. The van der Waals surface area contributed by atoms with E-state index in [0.717, 1.165) is 6.07 Å². The average molecular weight is 338 g/mol. The molecule has 2 heterocycles. The highest BCUT2D eigenvalue weighted by Gasteiger charge is 2.38. The fourth-order valence-electron chi connectivity index (χ4n) is 2.25. The summed E-state index contributed by atoms with van der Waals surface area (Å²) >= 11 is 5.81. The highest BCUT2D eigenvalue weighted by Crippen LogP contribution is 2.34. The fraction of sp³-hybridized carbons (Fsp3) is 0.538. The minimum Gasteiger partial charge on any atom is -0.381 e. The van der Waals surface area contributed by atoms with Gasteiger partial charge in [0, 0.05) is 26.0 Å². The zero-order valence-electron chi connectivity index (χ0n) is 11.5. The lowest BCUT2D eigenvalue weighted by atomic mass is 9.79.